The van der Waals surface area contributed by atoms with Gasteiger partial charge in [-0.15, -0.1) is 0 Å². The third-order valence-corrected chi connectivity index (χ3v) is 4.98. The van der Waals surface area contributed by atoms with Gasteiger partial charge in [0.1, 0.15) is 17.0 Å². The number of carbonyl (C=O) groups is 1. The molecule has 0 aliphatic rings. The summed E-state index contributed by atoms with van der Waals surface area (Å²) >= 11 is 5.98. The molecule has 7 heteroatoms. The number of amides is 1. The fraction of sp³-hybridized carbons (Fsp3) is 0.0870. The molecule has 0 saturated heterocycles. The Bertz CT molecular complexity index is 1290. The van der Waals surface area contributed by atoms with Gasteiger partial charge < -0.3 is 10.4 Å². The van der Waals surface area contributed by atoms with Crippen molar-refractivity contribution >= 4 is 28.5 Å². The van der Waals surface area contributed by atoms with Crippen LogP contribution < -0.4 is 10.9 Å². The average Bonchev–Trinajstić information content (AvgIpc) is 2.76. The predicted molar refractivity (Wildman–Crippen MR) is 116 cm³/mol. The molecule has 6 nitrogen and oxygen atoms in total. The van der Waals surface area contributed by atoms with Crippen molar-refractivity contribution in [2.24, 2.45) is 0 Å². The molecule has 2 N–H and O–H groups in total. The van der Waals surface area contributed by atoms with E-state index in [2.05, 4.69) is 10.3 Å². The summed E-state index contributed by atoms with van der Waals surface area (Å²) in [6.07, 6.45) is 1.54. The number of carbonyl (C=O) groups excluding carboxylic acids is 1. The van der Waals surface area contributed by atoms with Crippen LogP contribution in [0.15, 0.2) is 77.7 Å². The van der Waals surface area contributed by atoms with Gasteiger partial charge in [0.15, 0.2) is 0 Å². The lowest BCUT2D eigenvalue weighted by atomic mass is 10.1. The number of rotatable bonds is 5. The third-order valence-electron chi connectivity index (χ3n) is 4.75. The van der Waals surface area contributed by atoms with Crippen LogP contribution in [0.3, 0.4) is 0 Å². The number of pyridine rings is 2. The van der Waals surface area contributed by atoms with Gasteiger partial charge in [-0.3, -0.25) is 14.2 Å². The smallest absolute Gasteiger partial charge is 0.269 e. The maximum atomic E-state index is 13.2. The van der Waals surface area contributed by atoms with Crippen molar-refractivity contribution in [3.8, 4) is 5.75 Å². The fourth-order valence-electron chi connectivity index (χ4n) is 3.30. The standard InChI is InChI=1S/C23H18ClN3O3/c24-17-9-4-8-16(12-17)13-26-22(29)19-20(28)18-10-5-11-25-21(18)27(23(19)30)14-15-6-2-1-3-7-15/h1-12,28H,13-14H2,(H,26,29). The molecular formula is C23H18ClN3O3. The Morgan fingerprint density at radius 2 is 1.80 bits per heavy atom. The van der Waals surface area contributed by atoms with Gasteiger partial charge in [-0.2, -0.15) is 0 Å². The second-order valence-corrected chi connectivity index (χ2v) is 7.22. The molecule has 2 aromatic carbocycles. The highest BCUT2D eigenvalue weighted by Gasteiger charge is 2.22. The first kappa shape index (κ1) is 19.7. The number of nitrogens with zero attached hydrogens (tertiary/aromatic N) is 2. The van der Waals surface area contributed by atoms with E-state index in [1.54, 1.807) is 36.5 Å². The highest BCUT2D eigenvalue weighted by Crippen LogP contribution is 2.25. The Balaban J connectivity index is 1.75. The van der Waals surface area contributed by atoms with E-state index in [9.17, 15) is 14.7 Å². The summed E-state index contributed by atoms with van der Waals surface area (Å²) in [6, 6.07) is 19.7. The Morgan fingerprint density at radius 1 is 1.03 bits per heavy atom. The van der Waals surface area contributed by atoms with Crippen molar-refractivity contribution in [3.63, 3.8) is 0 Å². The molecule has 4 aromatic rings. The highest BCUT2D eigenvalue weighted by molar-refractivity contribution is 6.30. The Kier molecular flexibility index (Phi) is 5.50. The molecule has 0 fully saturated rings. The van der Waals surface area contributed by atoms with Crippen molar-refractivity contribution < 1.29 is 9.90 Å². The summed E-state index contributed by atoms with van der Waals surface area (Å²) in [5, 5.41) is 14.3. The van der Waals surface area contributed by atoms with Gasteiger partial charge in [-0.1, -0.05) is 54.1 Å². The average molecular weight is 420 g/mol. The molecule has 150 valence electrons. The summed E-state index contributed by atoms with van der Waals surface area (Å²) in [4.78, 5) is 30.3. The van der Waals surface area contributed by atoms with E-state index in [0.717, 1.165) is 11.1 Å². The topological polar surface area (TPSA) is 84.2 Å². The summed E-state index contributed by atoms with van der Waals surface area (Å²) in [6.45, 7) is 0.393. The molecule has 0 atom stereocenters. The third kappa shape index (κ3) is 3.90. The van der Waals surface area contributed by atoms with Gasteiger partial charge in [0.2, 0.25) is 0 Å². The van der Waals surface area contributed by atoms with Gasteiger partial charge >= 0.3 is 0 Å². The van der Waals surface area contributed by atoms with Gasteiger partial charge in [0.05, 0.1) is 11.9 Å². The van der Waals surface area contributed by atoms with Gasteiger partial charge in [0.25, 0.3) is 11.5 Å². The molecule has 0 saturated carbocycles. The van der Waals surface area contributed by atoms with E-state index in [1.165, 1.54) is 4.57 Å². The van der Waals surface area contributed by atoms with Crippen LogP contribution in [0, 0.1) is 0 Å². The first-order chi connectivity index (χ1) is 14.5. The number of hydrogen-bond acceptors (Lipinski definition) is 4. The molecule has 1 amide bonds. The van der Waals surface area contributed by atoms with Crippen LogP contribution in [0.1, 0.15) is 21.5 Å². The normalized spacial score (nSPS) is 10.8. The van der Waals surface area contributed by atoms with Crippen LogP contribution in [-0.4, -0.2) is 20.6 Å². The first-order valence-corrected chi connectivity index (χ1v) is 9.69. The van der Waals surface area contributed by atoms with E-state index in [1.807, 2.05) is 36.4 Å². The maximum Gasteiger partial charge on any atom is 0.269 e. The minimum Gasteiger partial charge on any atom is -0.506 e. The quantitative estimate of drug-likeness (QED) is 0.516. The largest absolute Gasteiger partial charge is 0.506 e. The molecule has 0 bridgehead atoms. The van der Waals surface area contributed by atoms with Crippen LogP contribution in [0.2, 0.25) is 5.02 Å². The maximum absolute atomic E-state index is 13.2. The molecule has 0 aliphatic heterocycles. The zero-order chi connectivity index (χ0) is 21.1. The van der Waals surface area contributed by atoms with Gasteiger partial charge in [0, 0.05) is 17.8 Å². The zero-order valence-corrected chi connectivity index (χ0v) is 16.6. The number of fused-ring (bicyclic) bond motifs is 1. The van der Waals surface area contributed by atoms with Crippen LogP contribution in [0.4, 0.5) is 0 Å². The second-order valence-electron chi connectivity index (χ2n) is 6.79. The van der Waals surface area contributed by atoms with Crippen molar-refractivity contribution in [3.05, 3.63) is 105 Å². The van der Waals surface area contributed by atoms with Crippen molar-refractivity contribution in [2.45, 2.75) is 13.1 Å². The number of halogens is 1. The lowest BCUT2D eigenvalue weighted by Crippen LogP contribution is -2.33. The Hall–Kier alpha value is -3.64. The van der Waals surface area contributed by atoms with Crippen LogP contribution >= 0.6 is 11.6 Å². The van der Waals surface area contributed by atoms with Crippen LogP contribution in [0.5, 0.6) is 5.75 Å². The first-order valence-electron chi connectivity index (χ1n) is 9.31. The Morgan fingerprint density at radius 3 is 2.57 bits per heavy atom. The van der Waals surface area contributed by atoms with Gasteiger partial charge in [-0.25, -0.2) is 4.98 Å². The number of benzene rings is 2. The number of aromatic hydroxyl groups is 1. The molecule has 0 radical (unpaired) electrons. The molecular weight excluding hydrogens is 402 g/mol. The summed E-state index contributed by atoms with van der Waals surface area (Å²) < 4.78 is 1.40. The minimum atomic E-state index is -0.662. The highest BCUT2D eigenvalue weighted by atomic mass is 35.5. The van der Waals surface area contributed by atoms with Crippen molar-refractivity contribution in [2.75, 3.05) is 0 Å². The van der Waals surface area contributed by atoms with E-state index in [-0.39, 0.29) is 24.4 Å². The van der Waals surface area contributed by atoms with Crippen LogP contribution in [-0.2, 0) is 13.1 Å². The van der Waals surface area contributed by atoms with E-state index < -0.39 is 11.5 Å². The number of hydrogen-bond donors (Lipinski definition) is 2. The predicted octanol–water partition coefficient (Wildman–Crippen LogP) is 3.73. The monoisotopic (exact) mass is 419 g/mol. The molecule has 2 heterocycles. The molecule has 30 heavy (non-hydrogen) atoms. The second kappa shape index (κ2) is 8.39. The number of nitrogens with one attached hydrogen (secondary N) is 1. The van der Waals surface area contributed by atoms with Gasteiger partial charge in [-0.05, 0) is 35.4 Å². The van der Waals surface area contributed by atoms with E-state index >= 15 is 0 Å². The lowest BCUT2D eigenvalue weighted by molar-refractivity contribution is 0.0946. The summed E-state index contributed by atoms with van der Waals surface area (Å²) in [5.41, 5.74) is 1.06. The van der Waals surface area contributed by atoms with E-state index in [4.69, 9.17) is 11.6 Å². The van der Waals surface area contributed by atoms with E-state index in [0.29, 0.717) is 16.1 Å². The molecule has 2 aromatic heterocycles. The molecule has 0 unspecified atom stereocenters. The molecule has 0 spiro atoms. The Labute approximate surface area is 177 Å². The number of aromatic nitrogens is 2. The van der Waals surface area contributed by atoms with Crippen molar-refractivity contribution in [1.29, 1.82) is 0 Å². The molecule has 0 aliphatic carbocycles. The minimum absolute atomic E-state index is 0.169. The molecule has 4 rings (SSSR count). The van der Waals surface area contributed by atoms with Crippen LogP contribution in [0.25, 0.3) is 11.0 Å². The van der Waals surface area contributed by atoms with Crippen molar-refractivity contribution in [1.82, 2.24) is 14.9 Å². The summed E-state index contributed by atoms with van der Waals surface area (Å²) in [5.74, 6) is -1.04. The fourth-order valence-corrected chi connectivity index (χ4v) is 3.51. The summed E-state index contributed by atoms with van der Waals surface area (Å²) in [7, 11) is 0. The SMILES string of the molecule is O=C(NCc1cccc(Cl)c1)c1c(O)c2cccnc2n(Cc2ccccc2)c1=O. The lowest BCUT2D eigenvalue weighted by Gasteiger charge is -2.14. The zero-order valence-electron chi connectivity index (χ0n) is 15.9.